The molecule has 1 aliphatic rings. The number of benzene rings is 2. The van der Waals surface area contributed by atoms with Crippen LogP contribution >= 0.6 is 0 Å². The van der Waals surface area contributed by atoms with Crippen LogP contribution in [-0.2, 0) is 4.79 Å². The minimum absolute atomic E-state index is 0.211. The third kappa shape index (κ3) is 2.81. The maximum absolute atomic E-state index is 13.3. The first-order chi connectivity index (χ1) is 13.1. The van der Waals surface area contributed by atoms with Crippen molar-refractivity contribution in [1.29, 1.82) is 0 Å². The zero-order valence-electron chi connectivity index (χ0n) is 15.0. The molecule has 6 nitrogen and oxygen atoms in total. The minimum atomic E-state index is -0.308. The van der Waals surface area contributed by atoms with E-state index < -0.39 is 0 Å². The van der Waals surface area contributed by atoms with Crippen molar-refractivity contribution in [2.45, 2.75) is 13.8 Å². The van der Waals surface area contributed by atoms with Gasteiger partial charge in [0.2, 0.25) is 0 Å². The average Bonchev–Trinajstić information content (AvgIpc) is 3.18. The van der Waals surface area contributed by atoms with Gasteiger partial charge in [-0.2, -0.15) is 5.10 Å². The fourth-order valence-electron chi connectivity index (χ4n) is 3.32. The lowest BCUT2D eigenvalue weighted by Gasteiger charge is -2.10. The largest absolute Gasteiger partial charge is 0.295 e. The number of amides is 1. The van der Waals surface area contributed by atoms with Gasteiger partial charge in [-0.1, -0.05) is 48.5 Å². The molecule has 3 aromatic rings. The van der Waals surface area contributed by atoms with E-state index in [0.717, 1.165) is 11.3 Å². The Hall–Kier alpha value is -3.67. The molecule has 134 valence electrons. The van der Waals surface area contributed by atoms with Gasteiger partial charge in [0.1, 0.15) is 0 Å². The van der Waals surface area contributed by atoms with Crippen molar-refractivity contribution in [1.82, 2.24) is 15.2 Å². The molecule has 1 amide bonds. The second kappa shape index (κ2) is 6.57. The van der Waals surface area contributed by atoms with Gasteiger partial charge < -0.3 is 0 Å². The average molecular weight is 358 g/mol. The number of carbonyl (C=O) groups is 1. The molecule has 0 aliphatic carbocycles. The Labute approximate surface area is 155 Å². The molecule has 0 saturated heterocycles. The van der Waals surface area contributed by atoms with Crippen molar-refractivity contribution >= 4 is 17.2 Å². The van der Waals surface area contributed by atoms with Crippen LogP contribution in [0, 0.1) is 6.92 Å². The van der Waals surface area contributed by atoms with Crippen LogP contribution in [0.5, 0.6) is 0 Å². The second-order valence-electron chi connectivity index (χ2n) is 6.34. The van der Waals surface area contributed by atoms with Crippen molar-refractivity contribution in [3.63, 3.8) is 0 Å². The molecule has 0 unspecified atom stereocenters. The fourth-order valence-corrected chi connectivity index (χ4v) is 3.32. The van der Waals surface area contributed by atoms with E-state index in [1.165, 1.54) is 4.68 Å². The van der Waals surface area contributed by atoms with Crippen molar-refractivity contribution in [3.8, 4) is 5.69 Å². The van der Waals surface area contributed by atoms with Gasteiger partial charge >= 0.3 is 0 Å². The quantitative estimate of drug-likeness (QED) is 0.706. The van der Waals surface area contributed by atoms with Gasteiger partial charge in [-0.15, -0.1) is 0 Å². The minimum Gasteiger partial charge on any atom is -0.295 e. The Morgan fingerprint density at radius 3 is 2.15 bits per heavy atom. The van der Waals surface area contributed by atoms with Crippen LogP contribution in [0.1, 0.15) is 23.7 Å². The highest BCUT2D eigenvalue weighted by Gasteiger charge is 2.29. The molecule has 0 atom stereocenters. The summed E-state index contributed by atoms with van der Waals surface area (Å²) in [4.78, 5) is 25.8. The Balaban J connectivity index is 2.03. The number of hydrazone groups is 1. The Morgan fingerprint density at radius 2 is 1.56 bits per heavy atom. The summed E-state index contributed by atoms with van der Waals surface area (Å²) in [6, 6.07) is 18.8. The van der Waals surface area contributed by atoms with E-state index in [-0.39, 0.29) is 11.5 Å². The molecule has 2 aromatic carbocycles. The van der Waals surface area contributed by atoms with Gasteiger partial charge in [0.25, 0.3) is 11.5 Å². The highest BCUT2D eigenvalue weighted by atomic mass is 16.2. The third-order valence-corrected chi connectivity index (χ3v) is 4.56. The molecule has 0 spiro atoms. The zero-order valence-corrected chi connectivity index (χ0v) is 15.0. The Morgan fingerprint density at radius 1 is 0.926 bits per heavy atom. The first-order valence-electron chi connectivity index (χ1n) is 8.60. The SMILES string of the molecule is CC1=NNC(=O)C1=C(c1ccccc1)c1c(C)[nH]n(-c2ccccc2)c1=O. The normalized spacial score (nSPS) is 15.5. The number of rotatable bonds is 3. The van der Waals surface area contributed by atoms with Crippen LogP contribution < -0.4 is 11.0 Å². The maximum Gasteiger partial charge on any atom is 0.279 e. The topological polar surface area (TPSA) is 79.2 Å². The highest BCUT2D eigenvalue weighted by Crippen LogP contribution is 2.29. The van der Waals surface area contributed by atoms with Gasteiger partial charge in [-0.05, 0) is 31.5 Å². The zero-order chi connectivity index (χ0) is 19.0. The van der Waals surface area contributed by atoms with E-state index in [1.54, 1.807) is 6.92 Å². The number of nitrogens with one attached hydrogen (secondary N) is 2. The number of para-hydroxylation sites is 1. The molecule has 0 radical (unpaired) electrons. The van der Waals surface area contributed by atoms with E-state index >= 15 is 0 Å². The lowest BCUT2D eigenvalue weighted by atomic mass is 9.91. The molecule has 0 bridgehead atoms. The number of H-pyrrole nitrogens is 1. The van der Waals surface area contributed by atoms with Gasteiger partial charge in [0, 0.05) is 11.3 Å². The number of hydrogen-bond donors (Lipinski definition) is 2. The van der Waals surface area contributed by atoms with E-state index in [4.69, 9.17) is 0 Å². The first-order valence-corrected chi connectivity index (χ1v) is 8.60. The maximum atomic E-state index is 13.3. The molecule has 0 fully saturated rings. The van der Waals surface area contributed by atoms with Gasteiger partial charge in [-0.3, -0.25) is 14.7 Å². The summed E-state index contributed by atoms with van der Waals surface area (Å²) < 4.78 is 1.49. The molecule has 2 heterocycles. The monoisotopic (exact) mass is 358 g/mol. The molecule has 2 N–H and O–H groups in total. The lowest BCUT2D eigenvalue weighted by molar-refractivity contribution is -0.116. The number of carbonyl (C=O) groups excluding carboxylic acids is 1. The fraction of sp³-hybridized carbons (Fsp3) is 0.0952. The molecule has 0 saturated carbocycles. The number of aromatic amines is 1. The number of hydrogen-bond acceptors (Lipinski definition) is 3. The Bertz CT molecular complexity index is 1140. The van der Waals surface area contributed by atoms with E-state index in [1.807, 2.05) is 67.6 Å². The molecular formula is C21H18N4O2. The predicted octanol–water partition coefficient (Wildman–Crippen LogP) is 2.78. The molecular weight excluding hydrogens is 340 g/mol. The van der Waals surface area contributed by atoms with E-state index in [2.05, 4.69) is 15.6 Å². The first kappa shape index (κ1) is 16.8. The third-order valence-electron chi connectivity index (χ3n) is 4.56. The van der Waals surface area contributed by atoms with Gasteiger partial charge in [0.15, 0.2) is 0 Å². The van der Waals surface area contributed by atoms with Crippen molar-refractivity contribution < 1.29 is 4.79 Å². The van der Waals surface area contributed by atoms with Crippen LogP contribution in [0.2, 0.25) is 0 Å². The molecule has 27 heavy (non-hydrogen) atoms. The van der Waals surface area contributed by atoms with E-state index in [0.29, 0.717) is 28.1 Å². The predicted molar refractivity (Wildman–Crippen MR) is 105 cm³/mol. The summed E-state index contributed by atoms with van der Waals surface area (Å²) in [5.74, 6) is -0.308. The lowest BCUT2D eigenvalue weighted by Crippen LogP contribution is -2.20. The number of aryl methyl sites for hydroxylation is 1. The van der Waals surface area contributed by atoms with Crippen molar-refractivity contribution in [2.75, 3.05) is 0 Å². The standard InChI is InChI=1S/C21H18N4O2/c1-13-17(20(26)23-22-13)19(15-9-5-3-6-10-15)18-14(2)24-25(21(18)27)16-11-7-4-8-12-16/h3-12,24H,1-2H3,(H,23,26). The van der Waals surface area contributed by atoms with Crippen LogP contribution in [0.15, 0.2) is 76.1 Å². The van der Waals surface area contributed by atoms with Crippen LogP contribution in [-0.4, -0.2) is 21.4 Å². The van der Waals surface area contributed by atoms with Crippen LogP contribution in [0.4, 0.5) is 0 Å². The van der Waals surface area contributed by atoms with Crippen molar-refractivity contribution in [2.24, 2.45) is 5.10 Å². The van der Waals surface area contributed by atoms with Gasteiger partial charge in [-0.25, -0.2) is 10.1 Å². The molecule has 4 rings (SSSR count). The summed E-state index contributed by atoms with van der Waals surface area (Å²) in [6.45, 7) is 3.59. The summed E-state index contributed by atoms with van der Waals surface area (Å²) in [5, 5.41) is 7.17. The molecule has 1 aliphatic heterocycles. The summed E-state index contributed by atoms with van der Waals surface area (Å²) in [6.07, 6.45) is 0. The number of aromatic nitrogens is 2. The van der Waals surface area contributed by atoms with E-state index in [9.17, 15) is 9.59 Å². The summed E-state index contributed by atoms with van der Waals surface area (Å²) >= 11 is 0. The Kier molecular flexibility index (Phi) is 4.08. The molecule has 6 heteroatoms. The van der Waals surface area contributed by atoms with Crippen LogP contribution in [0.25, 0.3) is 11.3 Å². The smallest absolute Gasteiger partial charge is 0.279 e. The summed E-state index contributed by atoms with van der Waals surface area (Å²) in [5.41, 5.74) is 6.51. The summed E-state index contributed by atoms with van der Waals surface area (Å²) in [7, 11) is 0. The highest BCUT2D eigenvalue weighted by molar-refractivity contribution is 6.29. The van der Waals surface area contributed by atoms with Crippen molar-refractivity contribution in [3.05, 3.63) is 93.4 Å². The number of nitrogens with zero attached hydrogens (tertiary/aromatic N) is 2. The van der Waals surface area contributed by atoms with Crippen LogP contribution in [0.3, 0.4) is 0 Å². The second-order valence-corrected chi connectivity index (χ2v) is 6.34. The molecule has 1 aromatic heterocycles. The van der Waals surface area contributed by atoms with Gasteiger partial charge in [0.05, 0.1) is 22.5 Å².